The van der Waals surface area contributed by atoms with E-state index >= 15 is 0 Å². The predicted molar refractivity (Wildman–Crippen MR) is 77.2 cm³/mol. The average Bonchev–Trinajstić information content (AvgIpc) is 2.32. The first-order valence-corrected chi connectivity index (χ1v) is 6.55. The van der Waals surface area contributed by atoms with E-state index in [1.165, 1.54) is 22.3 Å². The zero-order chi connectivity index (χ0) is 14.6. The molecule has 0 saturated heterocycles. The van der Waals surface area contributed by atoms with Gasteiger partial charge in [0.05, 0.1) is 0 Å². The highest BCUT2D eigenvalue weighted by Crippen LogP contribution is 2.16. The van der Waals surface area contributed by atoms with Crippen molar-refractivity contribution in [3.8, 4) is 0 Å². The van der Waals surface area contributed by atoms with Crippen molar-refractivity contribution >= 4 is 5.97 Å². The van der Waals surface area contributed by atoms with Crippen molar-refractivity contribution in [1.82, 2.24) is 4.90 Å². The number of hydrogen-bond acceptors (Lipinski definition) is 3. The molecule has 0 saturated carbocycles. The molecule has 0 amide bonds. The van der Waals surface area contributed by atoms with Crippen LogP contribution < -0.4 is 5.73 Å². The fraction of sp³-hybridized carbons (Fsp3) is 0.533. The van der Waals surface area contributed by atoms with E-state index in [0.717, 1.165) is 6.54 Å². The van der Waals surface area contributed by atoms with Gasteiger partial charge in [0.2, 0.25) is 0 Å². The highest BCUT2D eigenvalue weighted by atomic mass is 16.4. The Balaban J connectivity index is 2.60. The van der Waals surface area contributed by atoms with E-state index in [0.29, 0.717) is 13.0 Å². The molecule has 3 N–H and O–H groups in total. The van der Waals surface area contributed by atoms with Gasteiger partial charge in [0, 0.05) is 13.1 Å². The van der Waals surface area contributed by atoms with Gasteiger partial charge in [0.15, 0.2) is 0 Å². The lowest BCUT2D eigenvalue weighted by molar-refractivity contribution is -0.138. The lowest BCUT2D eigenvalue weighted by Gasteiger charge is -2.20. The van der Waals surface area contributed by atoms with Gasteiger partial charge in [-0.25, -0.2) is 0 Å². The SMILES string of the molecule is Cc1cc(C)c(CN(C)CCC(N)C(=O)O)cc1C. The third-order valence-corrected chi connectivity index (χ3v) is 3.53. The molecule has 0 heterocycles. The zero-order valence-electron chi connectivity index (χ0n) is 12.2. The number of carboxylic acids is 1. The number of carbonyl (C=O) groups is 1. The van der Waals surface area contributed by atoms with Crippen molar-refractivity contribution in [2.45, 2.75) is 39.8 Å². The first-order valence-electron chi connectivity index (χ1n) is 6.55. The van der Waals surface area contributed by atoms with Crippen LogP contribution in [-0.2, 0) is 11.3 Å². The maximum Gasteiger partial charge on any atom is 0.320 e. The minimum atomic E-state index is -0.934. The van der Waals surface area contributed by atoms with Gasteiger partial charge in [-0.3, -0.25) is 4.79 Å². The van der Waals surface area contributed by atoms with Crippen LogP contribution in [-0.4, -0.2) is 35.6 Å². The van der Waals surface area contributed by atoms with Gasteiger partial charge in [0.25, 0.3) is 0 Å². The van der Waals surface area contributed by atoms with E-state index in [1.807, 2.05) is 7.05 Å². The van der Waals surface area contributed by atoms with Gasteiger partial charge in [0.1, 0.15) is 6.04 Å². The van der Waals surface area contributed by atoms with Crippen LogP contribution in [0.2, 0.25) is 0 Å². The van der Waals surface area contributed by atoms with Crippen LogP contribution in [0.4, 0.5) is 0 Å². The Labute approximate surface area is 115 Å². The van der Waals surface area contributed by atoms with E-state index in [-0.39, 0.29) is 0 Å². The number of aliphatic carboxylic acids is 1. The molecular weight excluding hydrogens is 240 g/mol. The van der Waals surface area contributed by atoms with Crippen LogP contribution in [0.3, 0.4) is 0 Å². The molecule has 1 unspecified atom stereocenters. The summed E-state index contributed by atoms with van der Waals surface area (Å²) in [5.41, 5.74) is 10.7. The second-order valence-corrected chi connectivity index (χ2v) is 5.33. The molecule has 0 spiro atoms. The van der Waals surface area contributed by atoms with E-state index in [2.05, 4.69) is 37.8 Å². The average molecular weight is 264 g/mol. The molecule has 1 rings (SSSR count). The van der Waals surface area contributed by atoms with E-state index < -0.39 is 12.0 Å². The van der Waals surface area contributed by atoms with E-state index in [9.17, 15) is 4.79 Å². The molecule has 106 valence electrons. The van der Waals surface area contributed by atoms with Crippen molar-refractivity contribution < 1.29 is 9.90 Å². The molecule has 0 bridgehead atoms. The number of nitrogens with two attached hydrogens (primary N) is 1. The van der Waals surface area contributed by atoms with Gasteiger partial charge in [-0.05, 0) is 56.5 Å². The molecule has 1 atom stereocenters. The number of benzene rings is 1. The van der Waals surface area contributed by atoms with Crippen molar-refractivity contribution in [2.24, 2.45) is 5.73 Å². The summed E-state index contributed by atoms with van der Waals surface area (Å²) >= 11 is 0. The highest BCUT2D eigenvalue weighted by Gasteiger charge is 2.12. The van der Waals surface area contributed by atoms with Gasteiger partial charge in [-0.2, -0.15) is 0 Å². The smallest absolute Gasteiger partial charge is 0.320 e. The summed E-state index contributed by atoms with van der Waals surface area (Å²) in [6.45, 7) is 7.83. The molecule has 0 fully saturated rings. The lowest BCUT2D eigenvalue weighted by Crippen LogP contribution is -2.34. The molecule has 0 aliphatic rings. The maximum absolute atomic E-state index is 10.7. The van der Waals surface area contributed by atoms with Crippen LogP contribution >= 0.6 is 0 Å². The summed E-state index contributed by atoms with van der Waals surface area (Å²) in [5.74, 6) is -0.934. The summed E-state index contributed by atoms with van der Waals surface area (Å²) in [5, 5.41) is 8.75. The summed E-state index contributed by atoms with van der Waals surface area (Å²) < 4.78 is 0. The molecule has 0 aliphatic carbocycles. The normalized spacial score (nSPS) is 12.7. The molecule has 0 aromatic heterocycles. The Hall–Kier alpha value is -1.39. The number of nitrogens with zero attached hydrogens (tertiary/aromatic N) is 1. The fourth-order valence-electron chi connectivity index (χ4n) is 2.04. The van der Waals surface area contributed by atoms with Gasteiger partial charge in [-0.1, -0.05) is 12.1 Å². The maximum atomic E-state index is 10.7. The Kier molecular flexibility index (Phi) is 5.51. The molecule has 4 heteroatoms. The van der Waals surface area contributed by atoms with Crippen LogP contribution in [0, 0.1) is 20.8 Å². The summed E-state index contributed by atoms with van der Waals surface area (Å²) in [4.78, 5) is 12.8. The van der Waals surface area contributed by atoms with Gasteiger partial charge in [-0.15, -0.1) is 0 Å². The van der Waals surface area contributed by atoms with Crippen molar-refractivity contribution in [3.63, 3.8) is 0 Å². The van der Waals surface area contributed by atoms with E-state index in [4.69, 9.17) is 10.8 Å². The Bertz CT molecular complexity index is 458. The third-order valence-electron chi connectivity index (χ3n) is 3.53. The first-order chi connectivity index (χ1) is 8.81. The monoisotopic (exact) mass is 264 g/mol. The van der Waals surface area contributed by atoms with Crippen molar-refractivity contribution in [3.05, 3.63) is 34.4 Å². The van der Waals surface area contributed by atoms with E-state index in [1.54, 1.807) is 0 Å². The molecule has 19 heavy (non-hydrogen) atoms. The van der Waals surface area contributed by atoms with Crippen molar-refractivity contribution in [1.29, 1.82) is 0 Å². The first kappa shape index (κ1) is 15.7. The topological polar surface area (TPSA) is 66.6 Å². The Morgan fingerprint density at radius 3 is 2.42 bits per heavy atom. The molecule has 0 radical (unpaired) electrons. The third kappa shape index (κ3) is 4.65. The fourth-order valence-corrected chi connectivity index (χ4v) is 2.04. The van der Waals surface area contributed by atoms with Crippen LogP contribution in [0.5, 0.6) is 0 Å². The zero-order valence-corrected chi connectivity index (χ0v) is 12.2. The number of hydrogen-bond donors (Lipinski definition) is 2. The molecule has 1 aromatic carbocycles. The Morgan fingerprint density at radius 1 is 1.26 bits per heavy atom. The highest BCUT2D eigenvalue weighted by molar-refractivity contribution is 5.72. The predicted octanol–water partition coefficient (Wildman–Crippen LogP) is 1.85. The number of aryl methyl sites for hydroxylation is 3. The lowest BCUT2D eigenvalue weighted by atomic mass is 10.0. The molecule has 0 aliphatic heterocycles. The molecular formula is C15H24N2O2. The molecule has 4 nitrogen and oxygen atoms in total. The summed E-state index contributed by atoms with van der Waals surface area (Å²) in [6.07, 6.45) is 0.468. The van der Waals surface area contributed by atoms with Crippen LogP contribution in [0.1, 0.15) is 28.7 Å². The quantitative estimate of drug-likeness (QED) is 0.823. The minimum Gasteiger partial charge on any atom is -0.480 e. The largest absolute Gasteiger partial charge is 0.480 e. The van der Waals surface area contributed by atoms with Crippen molar-refractivity contribution in [2.75, 3.05) is 13.6 Å². The minimum absolute atomic E-state index is 0.468. The molecule has 1 aromatic rings. The standard InChI is InChI=1S/C15H24N2O2/c1-10-7-12(3)13(8-11(10)2)9-17(4)6-5-14(16)15(18)19/h7-8,14H,5-6,9,16H2,1-4H3,(H,18,19). The van der Waals surface area contributed by atoms with Gasteiger partial charge >= 0.3 is 5.97 Å². The Morgan fingerprint density at radius 2 is 1.84 bits per heavy atom. The van der Waals surface area contributed by atoms with Crippen LogP contribution in [0.15, 0.2) is 12.1 Å². The number of carboxylic acid groups (broad SMARTS) is 1. The van der Waals surface area contributed by atoms with Crippen LogP contribution in [0.25, 0.3) is 0 Å². The number of rotatable bonds is 6. The van der Waals surface area contributed by atoms with Gasteiger partial charge < -0.3 is 15.7 Å². The second kappa shape index (κ2) is 6.68. The summed E-state index contributed by atoms with van der Waals surface area (Å²) in [7, 11) is 1.99. The second-order valence-electron chi connectivity index (χ2n) is 5.33. The summed E-state index contributed by atoms with van der Waals surface area (Å²) in [6, 6.07) is 3.63.